The highest BCUT2D eigenvalue weighted by atomic mass is 16.6. The Hall–Kier alpha value is -11.1. The minimum absolute atomic E-state index is 0.00791. The molecule has 464 valence electrons. The second kappa shape index (κ2) is 31.9. The van der Waals surface area contributed by atoms with Gasteiger partial charge < -0.3 is 56.8 Å². The smallest absolute Gasteiger partial charge is 0.343 e. The van der Waals surface area contributed by atoms with Crippen LogP contribution in [-0.4, -0.2) is 78.7 Å². The molecule has 0 saturated heterocycles. The molecule has 0 aromatic heterocycles. The van der Waals surface area contributed by atoms with Gasteiger partial charge in [-0.25, -0.2) is 19.2 Å². The number of methoxy groups -OCH3 is 4. The second-order valence-electron chi connectivity index (χ2n) is 20.9. The largest absolute Gasteiger partial charge is 0.497 e. The Bertz CT molecular complexity index is 3520. The third-order valence-corrected chi connectivity index (χ3v) is 14.6. The Balaban J connectivity index is 1.39. The van der Waals surface area contributed by atoms with Crippen molar-refractivity contribution in [2.75, 3.05) is 54.9 Å². The van der Waals surface area contributed by atoms with E-state index >= 15 is 0 Å². The van der Waals surface area contributed by atoms with Crippen molar-refractivity contribution in [1.29, 1.82) is 0 Å². The maximum atomic E-state index is 14.8. The number of hydrogen-bond acceptors (Lipinski definition) is 16. The Morgan fingerprint density at radius 2 is 0.478 bits per heavy atom. The lowest BCUT2D eigenvalue weighted by Crippen LogP contribution is -2.17. The van der Waals surface area contributed by atoms with E-state index < -0.39 is 23.9 Å². The van der Waals surface area contributed by atoms with Gasteiger partial charge in [0.2, 0.25) is 0 Å². The molecular weight excluding hydrogens is 1170 g/mol. The molecule has 1 aliphatic carbocycles. The van der Waals surface area contributed by atoms with E-state index in [0.29, 0.717) is 89.8 Å². The lowest BCUT2D eigenvalue weighted by molar-refractivity contribution is 0.0722. The van der Waals surface area contributed by atoms with Crippen LogP contribution in [0.1, 0.15) is 108 Å². The molecule has 0 spiro atoms. The standard InChI is InChI=1S/C76H64O16/c1-9-29-85-45-49-33-57-41-59-35-50(46-86-30-10-2)37-61(70(59)90-74(78)54-15-23-66(82-6)24-16-54)43-63-39-52(48-88-32-12-4)40-64(72(63)92-76(80)56-19-27-68(84-8)28-20-56)44-62-38-51(47-87-31-11-3)36-60(71(62)91-75(79)55-17-25-67(83-7)26-18-55)42-58(34-49)69(57)89-73(77)53-13-21-65(81-5)22-14-53/h1-4,13-28,33-40H,29-32,41-48H2,5-8H3. The van der Waals surface area contributed by atoms with Gasteiger partial charge in [0.1, 0.15) is 72.4 Å². The van der Waals surface area contributed by atoms with Crippen molar-refractivity contribution in [1.82, 2.24) is 0 Å². The normalized spacial score (nSPS) is 11.3. The third-order valence-electron chi connectivity index (χ3n) is 14.6. The summed E-state index contributed by atoms with van der Waals surface area (Å²) in [6.45, 7) is -0.209. The van der Waals surface area contributed by atoms with Crippen molar-refractivity contribution in [2.45, 2.75) is 52.1 Å². The number of carbonyl (C=O) groups is 4. The molecule has 16 heteroatoms. The first-order valence-corrected chi connectivity index (χ1v) is 28.9. The van der Waals surface area contributed by atoms with E-state index in [1.165, 1.54) is 28.4 Å². The van der Waals surface area contributed by atoms with Crippen LogP contribution in [0.25, 0.3) is 0 Å². The van der Waals surface area contributed by atoms with Crippen molar-refractivity contribution in [3.05, 3.63) is 235 Å². The Morgan fingerprint density at radius 1 is 0.304 bits per heavy atom. The van der Waals surface area contributed by atoms with Crippen LogP contribution in [0, 0.1) is 49.4 Å². The second-order valence-corrected chi connectivity index (χ2v) is 20.9. The summed E-state index contributed by atoms with van der Waals surface area (Å²) in [5.41, 5.74) is 6.49. The number of rotatable bonds is 24. The quantitative estimate of drug-likeness (QED) is 0.0241. The Morgan fingerprint density at radius 3 is 0.630 bits per heavy atom. The van der Waals surface area contributed by atoms with Crippen LogP contribution >= 0.6 is 0 Å². The highest BCUT2D eigenvalue weighted by Crippen LogP contribution is 2.42. The van der Waals surface area contributed by atoms with Crippen LogP contribution in [0.5, 0.6) is 46.0 Å². The van der Waals surface area contributed by atoms with E-state index in [1.54, 1.807) is 97.1 Å². The first kappa shape index (κ1) is 65.4. The van der Waals surface area contributed by atoms with Gasteiger partial charge in [-0.3, -0.25) is 0 Å². The molecule has 0 saturated carbocycles. The zero-order valence-corrected chi connectivity index (χ0v) is 51.2. The molecule has 16 nitrogen and oxygen atoms in total. The van der Waals surface area contributed by atoms with Crippen LogP contribution < -0.4 is 37.9 Å². The number of hydrogen-bond donors (Lipinski definition) is 0. The molecule has 8 aromatic carbocycles. The fourth-order valence-electron chi connectivity index (χ4n) is 10.5. The molecule has 9 rings (SSSR count). The summed E-state index contributed by atoms with van der Waals surface area (Å²) in [4.78, 5) is 59.3. The fourth-order valence-corrected chi connectivity index (χ4v) is 10.5. The predicted molar refractivity (Wildman–Crippen MR) is 343 cm³/mol. The molecule has 1 aliphatic rings. The summed E-state index contributed by atoms with van der Waals surface area (Å²) < 4.78 is 72.5. The van der Waals surface area contributed by atoms with Crippen molar-refractivity contribution in [3.8, 4) is 95.4 Å². The van der Waals surface area contributed by atoms with Gasteiger partial charge in [-0.2, -0.15) is 0 Å². The van der Waals surface area contributed by atoms with Gasteiger partial charge in [-0.1, -0.05) is 23.7 Å². The van der Waals surface area contributed by atoms with Crippen LogP contribution in [0.4, 0.5) is 0 Å². The fraction of sp³-hybridized carbons (Fsp3) is 0.211. The highest BCUT2D eigenvalue weighted by Gasteiger charge is 2.29. The lowest BCUT2D eigenvalue weighted by Gasteiger charge is -2.24. The molecule has 0 amide bonds. The van der Waals surface area contributed by atoms with Gasteiger partial charge >= 0.3 is 23.9 Å². The van der Waals surface area contributed by atoms with Crippen LogP contribution in [-0.2, 0) is 71.1 Å². The topological polar surface area (TPSA) is 179 Å². The summed E-state index contributed by atoms with van der Waals surface area (Å²) in [6.07, 6.45) is 22.5. The van der Waals surface area contributed by atoms with E-state index in [-0.39, 0.29) is 124 Å². The molecule has 0 N–H and O–H groups in total. The van der Waals surface area contributed by atoms with Crippen LogP contribution in [0.3, 0.4) is 0 Å². The maximum absolute atomic E-state index is 14.8. The molecule has 8 aromatic rings. The van der Waals surface area contributed by atoms with Crippen molar-refractivity contribution < 1.29 is 76.0 Å². The van der Waals surface area contributed by atoms with Gasteiger partial charge in [-0.15, -0.1) is 25.7 Å². The van der Waals surface area contributed by atoms with Crippen molar-refractivity contribution in [3.63, 3.8) is 0 Å². The van der Waals surface area contributed by atoms with E-state index in [4.69, 9.17) is 82.5 Å². The van der Waals surface area contributed by atoms with Gasteiger partial charge in [0, 0.05) is 70.2 Å². The molecule has 0 atom stereocenters. The lowest BCUT2D eigenvalue weighted by atomic mass is 9.88. The van der Waals surface area contributed by atoms with Crippen molar-refractivity contribution >= 4 is 23.9 Å². The summed E-state index contributed by atoms with van der Waals surface area (Å²) in [5.74, 6) is 9.66. The minimum atomic E-state index is -0.732. The molecule has 0 aliphatic heterocycles. The average molecular weight is 1230 g/mol. The van der Waals surface area contributed by atoms with Gasteiger partial charge in [0.05, 0.1) is 77.1 Å². The average Bonchev–Trinajstić information content (AvgIpc) is 0.788. The number of carbonyl (C=O) groups excluding carboxylic acids is 4. The summed E-state index contributed by atoms with van der Waals surface area (Å²) in [6, 6.07) is 40.3. The molecular formula is C76H64O16. The number of benzene rings is 8. The first-order chi connectivity index (χ1) is 44.8. The predicted octanol–water partition coefficient (Wildman–Crippen LogP) is 11.9. The van der Waals surface area contributed by atoms with Crippen LogP contribution in [0.15, 0.2) is 146 Å². The Labute approximate surface area is 534 Å². The van der Waals surface area contributed by atoms with Gasteiger partial charge in [0.25, 0.3) is 0 Å². The van der Waals surface area contributed by atoms with Gasteiger partial charge in [0.15, 0.2) is 0 Å². The molecule has 0 unspecified atom stereocenters. The van der Waals surface area contributed by atoms with E-state index in [0.717, 1.165) is 0 Å². The first-order valence-electron chi connectivity index (χ1n) is 28.9. The van der Waals surface area contributed by atoms with Crippen LogP contribution in [0.2, 0.25) is 0 Å². The van der Waals surface area contributed by atoms with E-state index in [1.807, 2.05) is 48.5 Å². The zero-order chi connectivity index (χ0) is 64.9. The van der Waals surface area contributed by atoms with E-state index in [9.17, 15) is 19.2 Å². The van der Waals surface area contributed by atoms with E-state index in [2.05, 4.69) is 23.7 Å². The molecule has 0 fully saturated rings. The Kier molecular flexibility index (Phi) is 22.7. The maximum Gasteiger partial charge on any atom is 0.343 e. The van der Waals surface area contributed by atoms with Gasteiger partial charge in [-0.05, 0) is 168 Å². The molecule has 0 heterocycles. The summed E-state index contributed by atoms with van der Waals surface area (Å²) in [5, 5.41) is 0. The monoisotopic (exact) mass is 1230 g/mol. The number of fused-ring (bicyclic) bond motifs is 8. The highest BCUT2D eigenvalue weighted by molar-refractivity contribution is 5.94. The molecule has 8 bridgehead atoms. The molecule has 0 radical (unpaired) electrons. The number of esters is 4. The summed E-state index contributed by atoms with van der Waals surface area (Å²) >= 11 is 0. The minimum Gasteiger partial charge on any atom is -0.497 e. The summed E-state index contributed by atoms with van der Waals surface area (Å²) in [7, 11) is 6.06. The van der Waals surface area contributed by atoms with Crippen molar-refractivity contribution in [2.24, 2.45) is 0 Å². The SMILES string of the molecule is C#CCOCc1cc2c(OC(=O)c3ccc(OC)cc3)c(c1)Cc1cc(COCC#C)cc(c1OC(=O)c1ccc(OC)cc1)Cc1cc(COCC#C)cc(c1OC(=O)c1ccc(OC)cc1)Cc1cc(COCC#C)cc(c1OC(=O)c1ccc(OC)cc1)C2. The molecule has 92 heavy (non-hydrogen) atoms. The third kappa shape index (κ3) is 16.8. The number of terminal acetylenes is 4. The zero-order valence-electron chi connectivity index (χ0n) is 51.2. The number of ether oxygens (including phenoxy) is 12.